The van der Waals surface area contributed by atoms with Crippen LogP contribution in [0.25, 0.3) is 17.2 Å². The summed E-state index contributed by atoms with van der Waals surface area (Å²) in [6, 6.07) is 25.8. The first-order valence-corrected chi connectivity index (χ1v) is 12.9. The first-order chi connectivity index (χ1) is 18.4. The maximum Gasteiger partial charge on any atom is 0.328 e. The van der Waals surface area contributed by atoms with Gasteiger partial charge in [0.15, 0.2) is 0 Å². The molecule has 0 amide bonds. The van der Waals surface area contributed by atoms with E-state index in [1.54, 1.807) is 6.08 Å². The van der Waals surface area contributed by atoms with E-state index in [2.05, 4.69) is 35.9 Å². The van der Waals surface area contributed by atoms with Crippen LogP contribution in [-0.4, -0.2) is 66.6 Å². The number of carbonyl (C=O) groups is 2. The number of allylic oxidation sites excluding steroid dienone is 1. The number of nitrogens with zero attached hydrogens (tertiary/aromatic N) is 2. The van der Waals surface area contributed by atoms with E-state index < -0.39 is 5.97 Å². The van der Waals surface area contributed by atoms with Crippen molar-refractivity contribution in [3.05, 3.63) is 107 Å². The fourth-order valence-electron chi connectivity index (χ4n) is 4.65. The van der Waals surface area contributed by atoms with Gasteiger partial charge >= 0.3 is 11.9 Å². The molecule has 0 atom stereocenters. The number of carboxylic acid groups (broad SMARTS) is 1. The van der Waals surface area contributed by atoms with Crippen LogP contribution in [0.2, 0.25) is 0 Å². The van der Waals surface area contributed by atoms with E-state index in [-0.39, 0.29) is 12.5 Å². The molecule has 1 heterocycles. The lowest BCUT2D eigenvalue weighted by molar-refractivity contribution is -0.136. The number of hydrogen-bond acceptors (Lipinski definition) is 5. The lowest BCUT2D eigenvalue weighted by Crippen LogP contribution is -2.46. The molecule has 0 aromatic heterocycles. The third-order valence-electron chi connectivity index (χ3n) is 6.72. The Balaban J connectivity index is 1.60. The number of esters is 1. The monoisotopic (exact) mass is 510 g/mol. The average molecular weight is 511 g/mol. The Morgan fingerprint density at radius 3 is 2.03 bits per heavy atom. The van der Waals surface area contributed by atoms with Crippen LogP contribution in [0.3, 0.4) is 0 Å². The molecule has 1 N–H and O–H groups in total. The highest BCUT2D eigenvalue weighted by Gasteiger charge is 2.18. The van der Waals surface area contributed by atoms with Crippen molar-refractivity contribution >= 4 is 29.2 Å². The molecule has 6 nitrogen and oxygen atoms in total. The molecule has 1 saturated heterocycles. The van der Waals surface area contributed by atoms with Gasteiger partial charge in [0.1, 0.15) is 5.75 Å². The zero-order valence-corrected chi connectivity index (χ0v) is 22.0. The highest BCUT2D eigenvalue weighted by molar-refractivity contribution is 5.98. The van der Waals surface area contributed by atoms with Crippen LogP contribution in [0.15, 0.2) is 84.9 Å². The summed E-state index contributed by atoms with van der Waals surface area (Å²) >= 11 is 0. The summed E-state index contributed by atoms with van der Waals surface area (Å²) in [7, 11) is 2.09. The maximum atomic E-state index is 12.5. The standard InChI is InChI=1S/C32H34N2O4/c1-3-29(25-7-5-4-6-8-25)32(26-12-9-24(10-13-26)11-18-30(35)36)27-14-16-28(17-15-27)38-31(37)23-34-21-19-33(2)20-22-34/h4-18H,3,19-23H2,1-2H3,(H,35,36)/b18-11+,32-29-. The van der Waals surface area contributed by atoms with Crippen molar-refractivity contribution in [1.29, 1.82) is 0 Å². The summed E-state index contributed by atoms with van der Waals surface area (Å²) in [5.41, 5.74) is 6.27. The molecule has 38 heavy (non-hydrogen) atoms. The van der Waals surface area contributed by atoms with Gasteiger partial charge in [0.25, 0.3) is 0 Å². The van der Waals surface area contributed by atoms with Crippen molar-refractivity contribution in [1.82, 2.24) is 9.80 Å². The number of piperazine rings is 1. The number of ether oxygens (including phenoxy) is 1. The van der Waals surface area contributed by atoms with E-state index >= 15 is 0 Å². The van der Waals surface area contributed by atoms with Gasteiger partial charge in [0, 0.05) is 32.3 Å². The zero-order valence-electron chi connectivity index (χ0n) is 22.0. The molecule has 3 aromatic carbocycles. The van der Waals surface area contributed by atoms with Crippen LogP contribution >= 0.6 is 0 Å². The van der Waals surface area contributed by atoms with Gasteiger partial charge in [-0.2, -0.15) is 0 Å². The summed E-state index contributed by atoms with van der Waals surface area (Å²) in [6.45, 7) is 6.06. The Bertz CT molecular complexity index is 1290. The van der Waals surface area contributed by atoms with Crippen LogP contribution < -0.4 is 4.74 Å². The highest BCUT2D eigenvalue weighted by Crippen LogP contribution is 2.35. The molecule has 0 spiro atoms. The molecule has 3 aromatic rings. The second kappa shape index (κ2) is 13.0. The number of hydrogen-bond donors (Lipinski definition) is 1. The zero-order chi connectivity index (χ0) is 26.9. The fourth-order valence-corrected chi connectivity index (χ4v) is 4.65. The van der Waals surface area contributed by atoms with Crippen molar-refractivity contribution in [2.45, 2.75) is 13.3 Å². The van der Waals surface area contributed by atoms with E-state index in [0.717, 1.165) is 66.5 Å². The molecule has 1 fully saturated rings. The van der Waals surface area contributed by atoms with Gasteiger partial charge in [-0.05, 0) is 65.1 Å². The Labute approximate surface area is 224 Å². The number of rotatable bonds is 9. The van der Waals surface area contributed by atoms with Crippen LogP contribution in [0.5, 0.6) is 5.75 Å². The van der Waals surface area contributed by atoms with Gasteiger partial charge in [-0.25, -0.2) is 4.79 Å². The Kier molecular flexibility index (Phi) is 9.25. The molecule has 4 rings (SSSR count). The minimum atomic E-state index is -0.976. The summed E-state index contributed by atoms with van der Waals surface area (Å²) in [4.78, 5) is 27.8. The van der Waals surface area contributed by atoms with Gasteiger partial charge in [-0.15, -0.1) is 0 Å². The topological polar surface area (TPSA) is 70.1 Å². The maximum absolute atomic E-state index is 12.5. The second-order valence-electron chi connectivity index (χ2n) is 9.44. The van der Waals surface area contributed by atoms with E-state index in [0.29, 0.717) is 5.75 Å². The number of benzene rings is 3. The third kappa shape index (κ3) is 7.28. The first kappa shape index (κ1) is 27.0. The summed E-state index contributed by atoms with van der Waals surface area (Å²) in [6.07, 6.45) is 3.54. The predicted molar refractivity (Wildman–Crippen MR) is 152 cm³/mol. The van der Waals surface area contributed by atoms with Gasteiger partial charge < -0.3 is 14.7 Å². The van der Waals surface area contributed by atoms with E-state index in [4.69, 9.17) is 9.84 Å². The number of aliphatic carboxylic acids is 1. The SMILES string of the molecule is CC/C(=C(\c1ccc(/C=C/C(=O)O)cc1)c1ccc(OC(=O)CN2CCN(C)CC2)cc1)c1ccccc1. The number of likely N-dealkylation sites (N-methyl/N-ethyl adjacent to an activating group) is 1. The van der Waals surface area contributed by atoms with Gasteiger partial charge in [0.05, 0.1) is 6.54 Å². The molecule has 196 valence electrons. The van der Waals surface area contributed by atoms with Gasteiger partial charge in [-0.1, -0.05) is 73.7 Å². The van der Waals surface area contributed by atoms with Crippen molar-refractivity contribution in [3.63, 3.8) is 0 Å². The fraction of sp³-hybridized carbons (Fsp3) is 0.250. The Hall–Kier alpha value is -4.00. The van der Waals surface area contributed by atoms with Gasteiger partial charge in [0.2, 0.25) is 0 Å². The summed E-state index contributed by atoms with van der Waals surface area (Å²) < 4.78 is 5.65. The second-order valence-corrected chi connectivity index (χ2v) is 9.44. The number of carbonyl (C=O) groups excluding carboxylic acids is 1. The van der Waals surface area contributed by atoms with Crippen molar-refractivity contribution in [3.8, 4) is 5.75 Å². The minimum absolute atomic E-state index is 0.249. The van der Waals surface area contributed by atoms with E-state index in [9.17, 15) is 9.59 Å². The Morgan fingerprint density at radius 1 is 0.842 bits per heavy atom. The molecule has 0 aliphatic carbocycles. The third-order valence-corrected chi connectivity index (χ3v) is 6.72. The molecular weight excluding hydrogens is 476 g/mol. The number of carboxylic acids is 1. The average Bonchev–Trinajstić information content (AvgIpc) is 2.93. The van der Waals surface area contributed by atoms with Crippen molar-refractivity contribution < 1.29 is 19.4 Å². The summed E-state index contributed by atoms with van der Waals surface area (Å²) in [5.74, 6) is -0.697. The van der Waals surface area contributed by atoms with Crippen LogP contribution in [0.4, 0.5) is 0 Å². The molecule has 6 heteroatoms. The molecule has 0 unspecified atom stereocenters. The van der Waals surface area contributed by atoms with Crippen molar-refractivity contribution in [2.75, 3.05) is 39.8 Å². The summed E-state index contributed by atoms with van der Waals surface area (Å²) in [5, 5.41) is 8.94. The molecule has 0 bridgehead atoms. The van der Waals surface area contributed by atoms with Crippen LogP contribution in [0.1, 0.15) is 35.6 Å². The highest BCUT2D eigenvalue weighted by atomic mass is 16.5. The quantitative estimate of drug-likeness (QED) is 0.182. The minimum Gasteiger partial charge on any atom is -0.478 e. The molecule has 1 aliphatic heterocycles. The molecule has 1 aliphatic rings. The predicted octanol–water partition coefficient (Wildman–Crippen LogP) is 5.31. The first-order valence-electron chi connectivity index (χ1n) is 12.9. The Morgan fingerprint density at radius 2 is 1.45 bits per heavy atom. The normalized spacial score (nSPS) is 15.3. The van der Waals surface area contributed by atoms with E-state index in [1.807, 2.05) is 66.7 Å². The molecule has 0 saturated carbocycles. The van der Waals surface area contributed by atoms with E-state index in [1.165, 1.54) is 5.57 Å². The largest absolute Gasteiger partial charge is 0.478 e. The van der Waals surface area contributed by atoms with Gasteiger partial charge in [-0.3, -0.25) is 9.69 Å². The van der Waals surface area contributed by atoms with Crippen LogP contribution in [0, 0.1) is 0 Å². The van der Waals surface area contributed by atoms with Crippen LogP contribution in [-0.2, 0) is 9.59 Å². The molecular formula is C32H34N2O4. The lowest BCUT2D eigenvalue weighted by atomic mass is 9.88. The smallest absolute Gasteiger partial charge is 0.328 e. The van der Waals surface area contributed by atoms with Crippen molar-refractivity contribution in [2.24, 2.45) is 0 Å². The molecule has 0 radical (unpaired) electrons. The lowest BCUT2D eigenvalue weighted by Gasteiger charge is -2.31.